The van der Waals surface area contributed by atoms with Gasteiger partial charge in [-0.25, -0.2) is 22.0 Å². The minimum atomic E-state index is -3.80. The van der Waals surface area contributed by atoms with Gasteiger partial charge < -0.3 is 10.1 Å². The van der Waals surface area contributed by atoms with E-state index in [4.69, 9.17) is 9.88 Å². The number of rotatable bonds is 6. The number of carbonyl (C=O) groups is 1. The second-order valence-corrected chi connectivity index (χ2v) is 10.9. The van der Waals surface area contributed by atoms with Crippen LogP contribution in [-0.4, -0.2) is 47.2 Å². The summed E-state index contributed by atoms with van der Waals surface area (Å²) in [4.78, 5) is 12.7. The number of hydrogen-bond donors (Lipinski definition) is 2. The first-order chi connectivity index (χ1) is 14.5. The lowest BCUT2D eigenvalue weighted by molar-refractivity contribution is -0.120. The van der Waals surface area contributed by atoms with Gasteiger partial charge in [0.25, 0.3) is 0 Å². The molecular formula is C20H25N3O6S2. The molecule has 1 aliphatic heterocycles. The summed E-state index contributed by atoms with van der Waals surface area (Å²) < 4.78 is 55.1. The molecular weight excluding hydrogens is 442 g/mol. The Hall–Kier alpha value is -2.47. The van der Waals surface area contributed by atoms with Crippen LogP contribution in [0.3, 0.4) is 0 Å². The average Bonchev–Trinajstić information content (AvgIpc) is 2.73. The molecule has 1 heterocycles. The topological polar surface area (TPSA) is 136 Å². The molecule has 9 nitrogen and oxygen atoms in total. The summed E-state index contributed by atoms with van der Waals surface area (Å²) in [5.41, 5.74) is 1.17. The van der Waals surface area contributed by atoms with E-state index in [0.717, 1.165) is 5.56 Å². The van der Waals surface area contributed by atoms with Gasteiger partial charge in [-0.15, -0.1) is 0 Å². The van der Waals surface area contributed by atoms with Gasteiger partial charge in [0, 0.05) is 24.7 Å². The Bertz CT molecular complexity index is 1170. The van der Waals surface area contributed by atoms with Gasteiger partial charge in [-0.2, -0.15) is 4.31 Å². The number of ether oxygens (including phenoxy) is 1. The van der Waals surface area contributed by atoms with E-state index in [2.05, 4.69) is 5.32 Å². The molecule has 2 aromatic rings. The maximum atomic E-state index is 12.9. The Kier molecular flexibility index (Phi) is 6.70. The normalized spacial score (nSPS) is 16.1. The summed E-state index contributed by atoms with van der Waals surface area (Å²) in [5.74, 6) is 0.0362. The summed E-state index contributed by atoms with van der Waals surface area (Å²) in [7, 11) is -5.93. The van der Waals surface area contributed by atoms with Crippen LogP contribution in [0.4, 0.5) is 5.69 Å². The third kappa shape index (κ3) is 5.24. The predicted molar refractivity (Wildman–Crippen MR) is 116 cm³/mol. The molecule has 0 atom stereocenters. The third-order valence-electron chi connectivity index (χ3n) is 5.28. The molecule has 1 aliphatic rings. The Labute approximate surface area is 182 Å². The molecule has 3 rings (SSSR count). The van der Waals surface area contributed by atoms with Gasteiger partial charge in [0.1, 0.15) is 5.75 Å². The summed E-state index contributed by atoms with van der Waals surface area (Å²) in [6.07, 6.45) is 0.769. The maximum absolute atomic E-state index is 12.9. The van der Waals surface area contributed by atoms with Gasteiger partial charge in [0.2, 0.25) is 26.0 Å². The molecule has 2 aromatic carbocycles. The summed E-state index contributed by atoms with van der Waals surface area (Å²) >= 11 is 0. The Morgan fingerprint density at radius 3 is 2.13 bits per heavy atom. The average molecular weight is 468 g/mol. The number of hydrogen-bond acceptors (Lipinski definition) is 6. The highest BCUT2D eigenvalue weighted by atomic mass is 32.2. The first-order valence-corrected chi connectivity index (χ1v) is 12.6. The van der Waals surface area contributed by atoms with E-state index < -0.39 is 20.0 Å². The number of nitrogens with zero attached hydrogens (tertiary/aromatic N) is 1. The van der Waals surface area contributed by atoms with Gasteiger partial charge in [-0.05, 0) is 67.8 Å². The van der Waals surface area contributed by atoms with Crippen LogP contribution >= 0.6 is 0 Å². The molecule has 31 heavy (non-hydrogen) atoms. The molecule has 1 saturated heterocycles. The molecule has 0 aliphatic carbocycles. The van der Waals surface area contributed by atoms with Crippen LogP contribution in [-0.2, 0) is 24.8 Å². The standard InChI is InChI=1S/C20H25N3O6S2/c1-14-13-18(7-8-19(14)29-2)31(27,28)23-11-9-15(10-12-23)20(24)22-16-3-5-17(6-4-16)30(21,25)26/h3-8,13,15H,9-12H2,1-2H3,(H,22,24)(H2,21,25,26). The number of nitrogens with two attached hydrogens (primary N) is 1. The molecule has 3 N–H and O–H groups in total. The first-order valence-electron chi connectivity index (χ1n) is 9.61. The van der Waals surface area contributed by atoms with E-state index in [-0.39, 0.29) is 34.7 Å². The minimum Gasteiger partial charge on any atom is -0.496 e. The lowest BCUT2D eigenvalue weighted by Crippen LogP contribution is -2.41. The van der Waals surface area contributed by atoms with Crippen LogP contribution in [0.2, 0.25) is 0 Å². The third-order valence-corrected chi connectivity index (χ3v) is 8.10. The van der Waals surface area contributed by atoms with E-state index in [0.29, 0.717) is 24.3 Å². The number of amides is 1. The molecule has 0 radical (unpaired) electrons. The van der Waals surface area contributed by atoms with Gasteiger partial charge >= 0.3 is 0 Å². The molecule has 0 bridgehead atoms. The van der Waals surface area contributed by atoms with Crippen molar-refractivity contribution in [2.45, 2.75) is 29.6 Å². The van der Waals surface area contributed by atoms with Crippen molar-refractivity contribution in [2.75, 3.05) is 25.5 Å². The van der Waals surface area contributed by atoms with Crippen molar-refractivity contribution in [3.63, 3.8) is 0 Å². The number of benzene rings is 2. The molecule has 0 spiro atoms. The molecule has 168 valence electrons. The number of piperidine rings is 1. The number of aryl methyl sites for hydroxylation is 1. The summed E-state index contributed by atoms with van der Waals surface area (Å²) in [6.45, 7) is 2.25. The number of methoxy groups -OCH3 is 1. The second kappa shape index (κ2) is 8.95. The minimum absolute atomic E-state index is 0.0437. The Morgan fingerprint density at radius 1 is 1.03 bits per heavy atom. The van der Waals surface area contributed by atoms with Gasteiger partial charge in [0.15, 0.2) is 0 Å². The van der Waals surface area contributed by atoms with E-state index in [1.807, 2.05) is 0 Å². The van der Waals surface area contributed by atoms with Crippen molar-refractivity contribution >= 4 is 31.6 Å². The summed E-state index contributed by atoms with van der Waals surface area (Å²) in [6, 6.07) is 10.3. The van der Waals surface area contributed by atoms with Crippen molar-refractivity contribution in [3.8, 4) is 5.75 Å². The fraction of sp³-hybridized carbons (Fsp3) is 0.350. The van der Waals surface area contributed by atoms with Crippen LogP contribution in [0, 0.1) is 12.8 Å². The zero-order valence-electron chi connectivity index (χ0n) is 17.2. The van der Waals surface area contributed by atoms with Crippen molar-refractivity contribution in [2.24, 2.45) is 11.1 Å². The van der Waals surface area contributed by atoms with Crippen molar-refractivity contribution in [1.82, 2.24) is 4.31 Å². The molecule has 1 fully saturated rings. The van der Waals surface area contributed by atoms with Gasteiger partial charge in [0.05, 0.1) is 16.9 Å². The molecule has 1 amide bonds. The maximum Gasteiger partial charge on any atom is 0.243 e. The highest BCUT2D eigenvalue weighted by Gasteiger charge is 2.32. The van der Waals surface area contributed by atoms with Gasteiger partial charge in [-0.3, -0.25) is 4.79 Å². The molecule has 0 saturated carbocycles. The quantitative estimate of drug-likeness (QED) is 0.664. The number of primary sulfonamides is 1. The predicted octanol–water partition coefficient (Wildman–Crippen LogP) is 1.69. The Balaban J connectivity index is 1.62. The molecule has 0 unspecified atom stereocenters. The zero-order valence-corrected chi connectivity index (χ0v) is 18.9. The van der Waals surface area contributed by atoms with Crippen molar-refractivity contribution < 1.29 is 26.4 Å². The van der Waals surface area contributed by atoms with Crippen LogP contribution in [0.25, 0.3) is 0 Å². The lowest BCUT2D eigenvalue weighted by atomic mass is 9.97. The van der Waals surface area contributed by atoms with Crippen molar-refractivity contribution in [3.05, 3.63) is 48.0 Å². The smallest absolute Gasteiger partial charge is 0.243 e. The second-order valence-electron chi connectivity index (χ2n) is 7.37. The highest BCUT2D eigenvalue weighted by molar-refractivity contribution is 7.89. The van der Waals surface area contributed by atoms with E-state index in [1.165, 1.54) is 41.7 Å². The molecule has 0 aromatic heterocycles. The van der Waals surface area contributed by atoms with Crippen LogP contribution in [0.1, 0.15) is 18.4 Å². The molecule has 11 heteroatoms. The van der Waals surface area contributed by atoms with E-state index in [9.17, 15) is 21.6 Å². The highest BCUT2D eigenvalue weighted by Crippen LogP contribution is 2.27. The van der Waals surface area contributed by atoms with Gasteiger partial charge in [-0.1, -0.05) is 0 Å². The lowest BCUT2D eigenvalue weighted by Gasteiger charge is -2.30. The number of carbonyl (C=O) groups excluding carboxylic acids is 1. The summed E-state index contributed by atoms with van der Waals surface area (Å²) in [5, 5.41) is 7.80. The monoisotopic (exact) mass is 467 g/mol. The van der Waals surface area contributed by atoms with Crippen LogP contribution in [0.5, 0.6) is 5.75 Å². The number of sulfonamides is 2. The van der Waals surface area contributed by atoms with E-state index in [1.54, 1.807) is 19.1 Å². The first kappa shape index (κ1) is 23.2. The number of anilines is 1. The zero-order chi connectivity index (χ0) is 22.8. The largest absolute Gasteiger partial charge is 0.496 e. The fourth-order valence-electron chi connectivity index (χ4n) is 3.49. The van der Waals surface area contributed by atoms with Crippen LogP contribution < -0.4 is 15.2 Å². The van der Waals surface area contributed by atoms with E-state index >= 15 is 0 Å². The van der Waals surface area contributed by atoms with Crippen molar-refractivity contribution in [1.29, 1.82) is 0 Å². The Morgan fingerprint density at radius 2 is 1.61 bits per heavy atom. The SMILES string of the molecule is COc1ccc(S(=O)(=O)N2CCC(C(=O)Nc3ccc(S(N)(=O)=O)cc3)CC2)cc1C. The van der Waals surface area contributed by atoms with Crippen LogP contribution in [0.15, 0.2) is 52.3 Å². The fourth-order valence-corrected chi connectivity index (χ4v) is 5.56. The number of nitrogens with one attached hydrogen (secondary N) is 1.